The fourth-order valence-corrected chi connectivity index (χ4v) is 2.28. The summed E-state index contributed by atoms with van der Waals surface area (Å²) in [6.07, 6.45) is 0.615. The van der Waals surface area contributed by atoms with Gasteiger partial charge in [-0.25, -0.2) is 0 Å². The van der Waals surface area contributed by atoms with Crippen LogP contribution in [0.3, 0.4) is 0 Å². The Bertz CT molecular complexity index is 437. The minimum absolute atomic E-state index is 0.136. The lowest BCUT2D eigenvalue weighted by Gasteiger charge is -2.08. The van der Waals surface area contributed by atoms with Crippen LogP contribution in [0.25, 0.3) is 11.1 Å². The van der Waals surface area contributed by atoms with Gasteiger partial charge in [0.2, 0.25) is 0 Å². The van der Waals surface area contributed by atoms with Crippen molar-refractivity contribution < 1.29 is 5.11 Å². The molecule has 1 aromatic heterocycles. The van der Waals surface area contributed by atoms with E-state index in [0.717, 1.165) is 22.4 Å². The van der Waals surface area contributed by atoms with E-state index in [9.17, 15) is 0 Å². The lowest BCUT2D eigenvalue weighted by Crippen LogP contribution is -1.99. The number of thiophene rings is 1. The Kier molecular flexibility index (Phi) is 3.04. The molecule has 0 aliphatic carbocycles. The Balaban J connectivity index is 2.45. The van der Waals surface area contributed by atoms with Gasteiger partial charge in [-0.1, -0.05) is 18.2 Å². The maximum absolute atomic E-state index is 8.91. The van der Waals surface area contributed by atoms with E-state index in [4.69, 9.17) is 10.8 Å². The number of anilines is 1. The van der Waals surface area contributed by atoms with Gasteiger partial charge in [0.15, 0.2) is 0 Å². The van der Waals surface area contributed by atoms with Gasteiger partial charge >= 0.3 is 0 Å². The average molecular weight is 219 g/mol. The monoisotopic (exact) mass is 219 g/mol. The number of nitrogens with two attached hydrogens (primary N) is 1. The quantitative estimate of drug-likeness (QED) is 0.779. The van der Waals surface area contributed by atoms with Gasteiger partial charge in [-0.05, 0) is 34.4 Å². The summed E-state index contributed by atoms with van der Waals surface area (Å²) in [5.74, 6) is 0. The van der Waals surface area contributed by atoms with Crippen molar-refractivity contribution in [2.45, 2.75) is 6.42 Å². The van der Waals surface area contributed by atoms with Gasteiger partial charge in [0.25, 0.3) is 0 Å². The molecule has 2 nitrogen and oxygen atoms in total. The van der Waals surface area contributed by atoms with Crippen molar-refractivity contribution in [3.8, 4) is 11.1 Å². The summed E-state index contributed by atoms with van der Waals surface area (Å²) in [6.45, 7) is 0.136. The molecule has 0 radical (unpaired) electrons. The molecule has 2 rings (SSSR count). The molecule has 3 heteroatoms. The predicted molar refractivity (Wildman–Crippen MR) is 65.0 cm³/mol. The third-order valence-corrected chi connectivity index (χ3v) is 3.09. The Morgan fingerprint density at radius 3 is 2.80 bits per heavy atom. The molecule has 2 aromatic rings. The molecule has 0 atom stereocenters. The molecule has 1 heterocycles. The van der Waals surface area contributed by atoms with E-state index in [1.54, 1.807) is 11.3 Å². The zero-order valence-electron chi connectivity index (χ0n) is 8.31. The molecule has 0 aliphatic rings. The molecular formula is C12H13NOS. The van der Waals surface area contributed by atoms with Crippen LogP contribution in [0, 0.1) is 0 Å². The zero-order chi connectivity index (χ0) is 10.7. The summed E-state index contributed by atoms with van der Waals surface area (Å²) in [4.78, 5) is 0. The van der Waals surface area contributed by atoms with E-state index in [1.165, 1.54) is 0 Å². The third-order valence-electron chi connectivity index (χ3n) is 2.41. The van der Waals surface area contributed by atoms with E-state index >= 15 is 0 Å². The van der Waals surface area contributed by atoms with E-state index < -0.39 is 0 Å². The molecular weight excluding hydrogens is 206 g/mol. The van der Waals surface area contributed by atoms with Gasteiger partial charge in [0.1, 0.15) is 0 Å². The normalized spacial score (nSPS) is 10.5. The number of aliphatic hydroxyl groups excluding tert-OH is 1. The number of para-hydroxylation sites is 1. The van der Waals surface area contributed by atoms with Crippen molar-refractivity contribution in [3.63, 3.8) is 0 Å². The number of hydrogen-bond acceptors (Lipinski definition) is 3. The second kappa shape index (κ2) is 4.47. The highest BCUT2D eigenvalue weighted by atomic mass is 32.1. The van der Waals surface area contributed by atoms with Crippen LogP contribution in [-0.2, 0) is 6.42 Å². The van der Waals surface area contributed by atoms with Gasteiger partial charge < -0.3 is 10.8 Å². The Morgan fingerprint density at radius 1 is 1.27 bits per heavy atom. The molecule has 78 valence electrons. The number of nitrogen functional groups attached to an aromatic ring is 1. The second-order valence-electron chi connectivity index (χ2n) is 3.36. The van der Waals surface area contributed by atoms with Crippen molar-refractivity contribution in [2.24, 2.45) is 0 Å². The summed E-state index contributed by atoms with van der Waals surface area (Å²) in [5.41, 5.74) is 10.1. The van der Waals surface area contributed by atoms with Crippen LogP contribution in [0.2, 0.25) is 0 Å². The topological polar surface area (TPSA) is 46.2 Å². The van der Waals surface area contributed by atoms with Gasteiger partial charge in [-0.3, -0.25) is 0 Å². The van der Waals surface area contributed by atoms with E-state index in [2.05, 4.69) is 11.4 Å². The minimum Gasteiger partial charge on any atom is -0.398 e. The van der Waals surface area contributed by atoms with Crippen LogP contribution in [0.5, 0.6) is 0 Å². The first-order valence-corrected chi connectivity index (χ1v) is 5.78. The van der Waals surface area contributed by atoms with Gasteiger partial charge in [0.05, 0.1) is 0 Å². The van der Waals surface area contributed by atoms with Crippen LogP contribution in [0.4, 0.5) is 5.69 Å². The molecule has 0 amide bonds. The molecule has 0 saturated heterocycles. The summed E-state index contributed by atoms with van der Waals surface area (Å²) in [6, 6.07) is 8.01. The van der Waals surface area contributed by atoms with Crippen molar-refractivity contribution in [1.82, 2.24) is 0 Å². The highest BCUT2D eigenvalue weighted by Crippen LogP contribution is 2.30. The fraction of sp³-hybridized carbons (Fsp3) is 0.167. The summed E-state index contributed by atoms with van der Waals surface area (Å²) in [7, 11) is 0. The van der Waals surface area contributed by atoms with Crippen molar-refractivity contribution in [1.29, 1.82) is 0 Å². The minimum atomic E-state index is 0.136. The van der Waals surface area contributed by atoms with Crippen molar-refractivity contribution >= 4 is 17.0 Å². The first kappa shape index (κ1) is 10.2. The predicted octanol–water partition coefficient (Wildman–Crippen LogP) is 2.53. The molecule has 0 bridgehead atoms. The van der Waals surface area contributed by atoms with Crippen LogP contribution >= 0.6 is 11.3 Å². The molecule has 0 spiro atoms. The standard InChI is InChI=1S/C12H13NOS/c13-12-9(4-6-14)2-1-3-11(12)10-5-7-15-8-10/h1-3,5,7-8,14H,4,6,13H2. The molecule has 0 fully saturated rings. The summed E-state index contributed by atoms with van der Waals surface area (Å²) < 4.78 is 0. The zero-order valence-corrected chi connectivity index (χ0v) is 9.13. The number of rotatable bonds is 3. The van der Waals surface area contributed by atoms with Crippen molar-refractivity contribution in [3.05, 3.63) is 40.6 Å². The summed E-state index contributed by atoms with van der Waals surface area (Å²) in [5, 5.41) is 13.0. The van der Waals surface area contributed by atoms with Crippen LogP contribution in [0.1, 0.15) is 5.56 Å². The van der Waals surface area contributed by atoms with Gasteiger partial charge in [-0.2, -0.15) is 11.3 Å². The first-order valence-electron chi connectivity index (χ1n) is 4.83. The molecule has 0 unspecified atom stereocenters. The van der Waals surface area contributed by atoms with E-state index in [0.29, 0.717) is 6.42 Å². The van der Waals surface area contributed by atoms with Gasteiger partial charge in [-0.15, -0.1) is 0 Å². The van der Waals surface area contributed by atoms with Crippen molar-refractivity contribution in [2.75, 3.05) is 12.3 Å². The molecule has 1 aromatic carbocycles. The maximum Gasteiger partial charge on any atom is 0.0472 e. The molecule has 0 aliphatic heterocycles. The number of hydrogen-bond donors (Lipinski definition) is 2. The highest BCUT2D eigenvalue weighted by molar-refractivity contribution is 7.08. The largest absolute Gasteiger partial charge is 0.398 e. The lowest BCUT2D eigenvalue weighted by atomic mass is 10.0. The summed E-state index contributed by atoms with van der Waals surface area (Å²) >= 11 is 1.66. The molecule has 15 heavy (non-hydrogen) atoms. The molecule has 0 saturated carbocycles. The van der Waals surface area contributed by atoms with E-state index in [-0.39, 0.29) is 6.61 Å². The van der Waals surface area contributed by atoms with Crippen LogP contribution < -0.4 is 5.73 Å². The SMILES string of the molecule is Nc1c(CCO)cccc1-c1ccsc1. The number of aliphatic hydroxyl groups is 1. The second-order valence-corrected chi connectivity index (χ2v) is 4.14. The lowest BCUT2D eigenvalue weighted by molar-refractivity contribution is 0.300. The third kappa shape index (κ3) is 2.03. The maximum atomic E-state index is 8.91. The number of benzene rings is 1. The Morgan fingerprint density at radius 2 is 2.13 bits per heavy atom. The Labute approximate surface area is 93.0 Å². The highest BCUT2D eigenvalue weighted by Gasteiger charge is 2.06. The van der Waals surface area contributed by atoms with Crippen LogP contribution in [0.15, 0.2) is 35.0 Å². The van der Waals surface area contributed by atoms with E-state index in [1.807, 2.05) is 23.6 Å². The smallest absolute Gasteiger partial charge is 0.0472 e. The molecule has 3 N–H and O–H groups in total. The van der Waals surface area contributed by atoms with Crippen LogP contribution in [-0.4, -0.2) is 11.7 Å². The van der Waals surface area contributed by atoms with Gasteiger partial charge in [0, 0.05) is 17.9 Å². The average Bonchev–Trinajstić information content (AvgIpc) is 2.74. The fourth-order valence-electron chi connectivity index (χ4n) is 1.62. The Hall–Kier alpha value is -1.32. The first-order chi connectivity index (χ1) is 7.33.